The van der Waals surface area contributed by atoms with Crippen molar-refractivity contribution in [3.63, 3.8) is 0 Å². The third-order valence-electron chi connectivity index (χ3n) is 3.02. The average molecular weight is 240 g/mol. The minimum absolute atomic E-state index is 0.120. The van der Waals surface area contributed by atoms with E-state index >= 15 is 0 Å². The second-order valence-corrected chi connectivity index (χ2v) is 4.12. The molecule has 92 valence electrons. The van der Waals surface area contributed by atoms with Crippen LogP contribution < -0.4 is 5.32 Å². The lowest BCUT2D eigenvalue weighted by Crippen LogP contribution is -2.39. The number of rotatable bonds is 2. The number of nitrogens with zero attached hydrogens (tertiary/aromatic N) is 1. The summed E-state index contributed by atoms with van der Waals surface area (Å²) >= 11 is 0. The van der Waals surface area contributed by atoms with Gasteiger partial charge >= 0.3 is 0 Å². The van der Waals surface area contributed by atoms with Gasteiger partial charge in [-0.15, -0.1) is 0 Å². The third kappa shape index (κ3) is 2.44. The van der Waals surface area contributed by atoms with Gasteiger partial charge < -0.3 is 5.32 Å². The Balaban J connectivity index is 2.18. The number of carbonyl (C=O) groups excluding carboxylic acids is 1. The van der Waals surface area contributed by atoms with E-state index in [0.29, 0.717) is 24.1 Å². The van der Waals surface area contributed by atoms with Crippen molar-refractivity contribution >= 4 is 5.91 Å². The highest BCUT2D eigenvalue weighted by Crippen LogP contribution is 2.24. The molecule has 0 aliphatic carbocycles. The van der Waals surface area contributed by atoms with Gasteiger partial charge in [-0.05, 0) is 24.1 Å². The van der Waals surface area contributed by atoms with Crippen LogP contribution in [-0.2, 0) is 17.8 Å². The van der Waals surface area contributed by atoms with Crippen molar-refractivity contribution in [1.29, 1.82) is 0 Å². The van der Waals surface area contributed by atoms with Crippen LogP contribution in [0.2, 0.25) is 0 Å². The lowest BCUT2D eigenvalue weighted by Gasteiger charge is -2.28. The Kier molecular flexibility index (Phi) is 3.38. The van der Waals surface area contributed by atoms with Crippen molar-refractivity contribution in [2.45, 2.75) is 13.0 Å². The lowest BCUT2D eigenvalue weighted by molar-refractivity contribution is -0.122. The molecule has 2 rings (SSSR count). The summed E-state index contributed by atoms with van der Waals surface area (Å²) in [5, 5.41) is 2.51. The molecule has 5 heteroatoms. The van der Waals surface area contributed by atoms with E-state index in [1.54, 1.807) is 7.05 Å². The zero-order valence-corrected chi connectivity index (χ0v) is 9.59. The van der Waals surface area contributed by atoms with Crippen LogP contribution in [0.1, 0.15) is 11.1 Å². The van der Waals surface area contributed by atoms with E-state index in [1.807, 2.05) is 4.90 Å². The van der Waals surface area contributed by atoms with Crippen LogP contribution in [0, 0.1) is 11.6 Å². The first-order valence-corrected chi connectivity index (χ1v) is 5.50. The van der Waals surface area contributed by atoms with Crippen LogP contribution in [0.5, 0.6) is 0 Å². The van der Waals surface area contributed by atoms with E-state index in [0.717, 1.165) is 12.1 Å². The van der Waals surface area contributed by atoms with Crippen molar-refractivity contribution in [2.24, 2.45) is 0 Å². The molecule has 0 saturated carbocycles. The normalized spacial score (nSPS) is 15.5. The Morgan fingerprint density at radius 3 is 2.65 bits per heavy atom. The van der Waals surface area contributed by atoms with Gasteiger partial charge in [-0.2, -0.15) is 0 Å². The molecule has 0 atom stereocenters. The van der Waals surface area contributed by atoms with Crippen molar-refractivity contribution in [3.8, 4) is 0 Å². The minimum Gasteiger partial charge on any atom is -0.358 e. The number of amides is 1. The van der Waals surface area contributed by atoms with Gasteiger partial charge in [-0.3, -0.25) is 9.69 Å². The molecule has 1 heterocycles. The Morgan fingerprint density at radius 2 is 2.00 bits per heavy atom. The van der Waals surface area contributed by atoms with Crippen molar-refractivity contribution in [3.05, 3.63) is 34.9 Å². The van der Waals surface area contributed by atoms with Gasteiger partial charge in [-0.1, -0.05) is 0 Å². The van der Waals surface area contributed by atoms with E-state index in [4.69, 9.17) is 0 Å². The highest BCUT2D eigenvalue weighted by molar-refractivity contribution is 5.77. The van der Waals surface area contributed by atoms with E-state index in [9.17, 15) is 13.6 Å². The predicted octanol–water partition coefficient (Wildman–Crippen LogP) is 1.07. The zero-order chi connectivity index (χ0) is 12.4. The Hall–Kier alpha value is -1.49. The second-order valence-electron chi connectivity index (χ2n) is 4.12. The molecule has 0 aromatic heterocycles. The molecule has 1 aromatic rings. The van der Waals surface area contributed by atoms with Crippen LogP contribution in [0.15, 0.2) is 12.1 Å². The summed E-state index contributed by atoms with van der Waals surface area (Å²) in [5.41, 5.74) is 0.818. The fourth-order valence-electron chi connectivity index (χ4n) is 2.07. The highest BCUT2D eigenvalue weighted by Gasteiger charge is 2.23. The molecule has 0 unspecified atom stereocenters. The quantitative estimate of drug-likeness (QED) is 0.838. The Bertz CT molecular complexity index is 448. The van der Waals surface area contributed by atoms with E-state index in [-0.39, 0.29) is 24.8 Å². The number of carbonyl (C=O) groups is 1. The first-order chi connectivity index (χ1) is 8.11. The molecular weight excluding hydrogens is 226 g/mol. The molecule has 0 bridgehead atoms. The predicted molar refractivity (Wildman–Crippen MR) is 59.4 cm³/mol. The maximum atomic E-state index is 13.6. The van der Waals surface area contributed by atoms with Gasteiger partial charge in [0.15, 0.2) is 0 Å². The summed E-state index contributed by atoms with van der Waals surface area (Å²) < 4.78 is 27.0. The summed E-state index contributed by atoms with van der Waals surface area (Å²) in [6, 6.07) is 2.29. The van der Waals surface area contributed by atoms with Crippen molar-refractivity contribution in [1.82, 2.24) is 10.2 Å². The van der Waals surface area contributed by atoms with Crippen LogP contribution in [0.3, 0.4) is 0 Å². The molecule has 0 spiro atoms. The van der Waals surface area contributed by atoms with Crippen LogP contribution in [0.4, 0.5) is 8.78 Å². The molecule has 0 fully saturated rings. The Morgan fingerprint density at radius 1 is 1.35 bits per heavy atom. The van der Waals surface area contributed by atoms with E-state index < -0.39 is 5.82 Å². The summed E-state index contributed by atoms with van der Waals surface area (Å²) in [6.07, 6.45) is 0.440. The first kappa shape index (κ1) is 12.0. The van der Waals surface area contributed by atoms with Gasteiger partial charge in [0.25, 0.3) is 0 Å². The topological polar surface area (TPSA) is 32.3 Å². The molecule has 1 aliphatic rings. The summed E-state index contributed by atoms with van der Waals surface area (Å²) in [7, 11) is 1.56. The van der Waals surface area contributed by atoms with Gasteiger partial charge in [0.05, 0.1) is 6.54 Å². The van der Waals surface area contributed by atoms with E-state index in [1.165, 1.54) is 0 Å². The fourth-order valence-corrected chi connectivity index (χ4v) is 2.07. The van der Waals surface area contributed by atoms with Crippen LogP contribution in [-0.4, -0.2) is 30.9 Å². The van der Waals surface area contributed by atoms with Crippen LogP contribution >= 0.6 is 0 Å². The van der Waals surface area contributed by atoms with E-state index in [2.05, 4.69) is 5.32 Å². The molecule has 1 aromatic carbocycles. The highest BCUT2D eigenvalue weighted by atomic mass is 19.1. The van der Waals surface area contributed by atoms with Crippen molar-refractivity contribution in [2.75, 3.05) is 20.1 Å². The lowest BCUT2D eigenvalue weighted by atomic mass is 9.98. The molecule has 0 radical (unpaired) electrons. The maximum absolute atomic E-state index is 13.6. The number of benzene rings is 1. The summed E-state index contributed by atoms with van der Waals surface area (Å²) in [5.74, 6) is -0.880. The molecule has 1 amide bonds. The fraction of sp³-hybridized carbons (Fsp3) is 0.417. The van der Waals surface area contributed by atoms with Gasteiger partial charge in [0, 0.05) is 25.7 Å². The number of hydrogen-bond acceptors (Lipinski definition) is 2. The Labute approximate surface area is 98.4 Å². The summed E-state index contributed by atoms with van der Waals surface area (Å²) in [4.78, 5) is 13.0. The second kappa shape index (κ2) is 4.79. The number of nitrogens with one attached hydrogen (secondary N) is 1. The zero-order valence-electron chi connectivity index (χ0n) is 9.59. The van der Waals surface area contributed by atoms with Crippen molar-refractivity contribution < 1.29 is 13.6 Å². The standard InChI is InChI=1S/C12H14F2N2O/c1-15-12(17)7-16-5-4-8-9(6-16)11(14)3-2-10(8)13/h2-3H,4-7H2,1H3,(H,15,17). The van der Waals surface area contributed by atoms with Gasteiger partial charge in [0.2, 0.25) is 5.91 Å². The van der Waals surface area contributed by atoms with Gasteiger partial charge in [-0.25, -0.2) is 8.78 Å². The molecule has 17 heavy (non-hydrogen) atoms. The SMILES string of the molecule is CNC(=O)CN1CCc2c(F)ccc(F)c2C1. The molecule has 1 N–H and O–H groups in total. The monoisotopic (exact) mass is 240 g/mol. The molecular formula is C12H14F2N2O. The molecule has 3 nitrogen and oxygen atoms in total. The number of halogens is 2. The number of likely N-dealkylation sites (N-methyl/N-ethyl adjacent to an activating group) is 1. The molecule has 1 aliphatic heterocycles. The first-order valence-electron chi connectivity index (χ1n) is 5.50. The number of fused-ring (bicyclic) bond motifs is 1. The largest absolute Gasteiger partial charge is 0.358 e. The minimum atomic E-state index is -0.400. The summed E-state index contributed by atoms with van der Waals surface area (Å²) in [6.45, 7) is 1.07. The smallest absolute Gasteiger partial charge is 0.233 e. The third-order valence-corrected chi connectivity index (χ3v) is 3.02. The average Bonchev–Trinajstić information content (AvgIpc) is 2.34. The van der Waals surface area contributed by atoms with Crippen LogP contribution in [0.25, 0.3) is 0 Å². The maximum Gasteiger partial charge on any atom is 0.233 e. The number of hydrogen-bond donors (Lipinski definition) is 1. The molecule has 0 saturated heterocycles. The van der Waals surface area contributed by atoms with Gasteiger partial charge in [0.1, 0.15) is 11.6 Å².